The first-order chi connectivity index (χ1) is 7.04. The van der Waals surface area contributed by atoms with Gasteiger partial charge >= 0.3 is 0 Å². The zero-order valence-corrected chi connectivity index (χ0v) is 9.96. The maximum absolute atomic E-state index is 10.1. The molecule has 1 radical (unpaired) electrons. The first-order valence-corrected chi connectivity index (χ1v) is 6.18. The van der Waals surface area contributed by atoms with Crippen LogP contribution in [0.2, 0.25) is 11.6 Å². The van der Waals surface area contributed by atoms with Crippen molar-refractivity contribution in [3.8, 4) is 0 Å². The lowest BCUT2D eigenvalue weighted by Crippen LogP contribution is -2.35. The molecule has 2 aliphatic rings. The summed E-state index contributed by atoms with van der Waals surface area (Å²) in [6, 6.07) is 0. The van der Waals surface area contributed by atoms with Gasteiger partial charge in [0, 0.05) is 0 Å². The largest absolute Gasteiger partial charge is 0.368 e. The summed E-state index contributed by atoms with van der Waals surface area (Å²) in [5.41, 5.74) is 0.182. The molecule has 85 valence electrons. The molecule has 1 spiro atoms. The minimum atomic E-state index is -0.570. The van der Waals surface area contributed by atoms with Crippen molar-refractivity contribution in [1.29, 1.82) is 0 Å². The number of hydrogen-bond acceptors (Lipinski definition) is 2. The predicted molar refractivity (Wildman–Crippen MR) is 62.1 cm³/mol. The molecule has 1 atom stereocenters. The van der Waals surface area contributed by atoms with E-state index in [2.05, 4.69) is 21.1 Å². The van der Waals surface area contributed by atoms with Crippen LogP contribution in [0.3, 0.4) is 0 Å². The molecule has 0 amide bonds. The number of ether oxygens (including phenoxy) is 1. The van der Waals surface area contributed by atoms with Gasteiger partial charge in [-0.25, -0.2) is 0 Å². The average Bonchev–Trinajstić information content (AvgIpc) is 2.33. The smallest absolute Gasteiger partial charge is 0.152 e. The molecule has 1 saturated heterocycles. The Morgan fingerprint density at radius 3 is 2.53 bits per heavy atom. The van der Waals surface area contributed by atoms with Gasteiger partial charge < -0.3 is 9.84 Å². The highest BCUT2D eigenvalue weighted by Gasteiger charge is 2.43. The molecule has 1 N–H and O–H groups in total. The summed E-state index contributed by atoms with van der Waals surface area (Å²) in [6.07, 6.45) is 6.47. The summed E-state index contributed by atoms with van der Waals surface area (Å²) in [4.78, 5) is 0. The van der Waals surface area contributed by atoms with Crippen molar-refractivity contribution < 1.29 is 9.84 Å². The standard InChI is InChI=1S/C12H22BO2/c1-11(2)8-13-12(10(14)15-9-11)6-4-3-5-7-12/h10,14H,3-9H2,1-2H3. The second-order valence-electron chi connectivity index (χ2n) is 6.03. The van der Waals surface area contributed by atoms with Gasteiger partial charge in [0.1, 0.15) is 7.28 Å². The number of hydrogen-bond donors (Lipinski definition) is 1. The lowest BCUT2D eigenvalue weighted by atomic mass is 9.43. The predicted octanol–water partition coefficient (Wildman–Crippen LogP) is 2.61. The first-order valence-electron chi connectivity index (χ1n) is 6.18. The quantitative estimate of drug-likeness (QED) is 0.621. The van der Waals surface area contributed by atoms with E-state index in [-0.39, 0.29) is 10.7 Å². The summed E-state index contributed by atoms with van der Waals surface area (Å²) in [5, 5.41) is 10.1. The molecule has 1 heterocycles. The third-order valence-electron chi connectivity index (χ3n) is 3.97. The van der Waals surface area contributed by atoms with Crippen LogP contribution in [-0.4, -0.2) is 25.3 Å². The highest BCUT2D eigenvalue weighted by Crippen LogP contribution is 2.49. The molecule has 0 bridgehead atoms. The molecule has 3 heteroatoms. The van der Waals surface area contributed by atoms with Crippen molar-refractivity contribution in [2.45, 2.75) is 63.9 Å². The molecule has 15 heavy (non-hydrogen) atoms. The van der Waals surface area contributed by atoms with Gasteiger partial charge in [-0.1, -0.05) is 52.3 Å². The summed E-state index contributed by atoms with van der Waals surface area (Å²) in [5.74, 6) is 0. The van der Waals surface area contributed by atoms with E-state index < -0.39 is 6.29 Å². The Balaban J connectivity index is 2.10. The normalized spacial score (nSPS) is 34.5. The fraction of sp³-hybridized carbons (Fsp3) is 1.00. The highest BCUT2D eigenvalue weighted by molar-refractivity contribution is 6.40. The van der Waals surface area contributed by atoms with Gasteiger partial charge in [-0.05, 0) is 10.7 Å². The number of aliphatic hydroxyl groups is 1. The van der Waals surface area contributed by atoms with E-state index in [9.17, 15) is 5.11 Å². The summed E-state index contributed by atoms with van der Waals surface area (Å²) in [7, 11) is 2.35. The lowest BCUT2D eigenvalue weighted by Gasteiger charge is -2.39. The van der Waals surface area contributed by atoms with E-state index in [1.165, 1.54) is 19.3 Å². The van der Waals surface area contributed by atoms with Gasteiger partial charge in [0.15, 0.2) is 6.29 Å². The van der Waals surface area contributed by atoms with Gasteiger partial charge in [-0.2, -0.15) is 0 Å². The third-order valence-corrected chi connectivity index (χ3v) is 3.97. The molecule has 1 unspecified atom stereocenters. The zero-order chi connectivity index (χ0) is 10.9. The van der Waals surface area contributed by atoms with Crippen LogP contribution in [0.15, 0.2) is 0 Å². The van der Waals surface area contributed by atoms with Gasteiger partial charge in [0.25, 0.3) is 0 Å². The maximum Gasteiger partial charge on any atom is 0.152 e. The highest BCUT2D eigenvalue weighted by atomic mass is 16.6. The van der Waals surface area contributed by atoms with Crippen LogP contribution in [0, 0.1) is 5.41 Å². The van der Waals surface area contributed by atoms with E-state index in [0.717, 1.165) is 19.2 Å². The molecular formula is C12H22BO2. The van der Waals surface area contributed by atoms with Crippen LogP contribution in [0.25, 0.3) is 0 Å². The molecule has 1 aliphatic carbocycles. The van der Waals surface area contributed by atoms with Crippen molar-refractivity contribution in [2.75, 3.05) is 6.61 Å². The topological polar surface area (TPSA) is 29.5 Å². The summed E-state index contributed by atoms with van der Waals surface area (Å²) >= 11 is 0. The Labute approximate surface area is 93.6 Å². The second-order valence-corrected chi connectivity index (χ2v) is 6.03. The van der Waals surface area contributed by atoms with Crippen molar-refractivity contribution in [3.63, 3.8) is 0 Å². The molecule has 2 rings (SSSR count). The van der Waals surface area contributed by atoms with Crippen LogP contribution in [0.5, 0.6) is 0 Å². The minimum Gasteiger partial charge on any atom is -0.368 e. The Morgan fingerprint density at radius 2 is 1.87 bits per heavy atom. The second kappa shape index (κ2) is 4.10. The molecular weight excluding hydrogens is 187 g/mol. The van der Waals surface area contributed by atoms with E-state index in [4.69, 9.17) is 4.74 Å². The molecule has 0 aromatic heterocycles. The van der Waals surface area contributed by atoms with Crippen LogP contribution in [-0.2, 0) is 4.74 Å². The van der Waals surface area contributed by atoms with Gasteiger partial charge in [0.05, 0.1) is 6.61 Å². The van der Waals surface area contributed by atoms with Gasteiger partial charge in [-0.3, -0.25) is 0 Å². The van der Waals surface area contributed by atoms with E-state index in [1.807, 2.05) is 0 Å². The number of rotatable bonds is 0. The van der Waals surface area contributed by atoms with Crippen LogP contribution in [0.1, 0.15) is 46.0 Å². The summed E-state index contributed by atoms with van der Waals surface area (Å²) in [6.45, 7) is 5.09. The zero-order valence-electron chi connectivity index (χ0n) is 9.96. The van der Waals surface area contributed by atoms with E-state index >= 15 is 0 Å². The van der Waals surface area contributed by atoms with Crippen molar-refractivity contribution in [1.82, 2.24) is 0 Å². The Morgan fingerprint density at radius 1 is 1.20 bits per heavy atom. The molecule has 1 aliphatic heterocycles. The fourth-order valence-electron chi connectivity index (χ4n) is 2.77. The minimum absolute atomic E-state index is 0.0357. The molecule has 1 saturated carbocycles. The Bertz CT molecular complexity index is 222. The molecule has 2 nitrogen and oxygen atoms in total. The average molecular weight is 209 g/mol. The number of aliphatic hydroxyl groups excluding tert-OH is 1. The van der Waals surface area contributed by atoms with Crippen LogP contribution >= 0.6 is 0 Å². The molecule has 0 aromatic carbocycles. The van der Waals surface area contributed by atoms with Gasteiger partial charge in [0.2, 0.25) is 0 Å². The maximum atomic E-state index is 10.1. The van der Waals surface area contributed by atoms with E-state index in [0.29, 0.717) is 6.61 Å². The van der Waals surface area contributed by atoms with Crippen LogP contribution < -0.4 is 0 Å². The Kier molecular flexibility index (Phi) is 3.13. The molecule has 2 fully saturated rings. The third kappa shape index (κ3) is 2.39. The molecule has 0 aromatic rings. The van der Waals surface area contributed by atoms with Crippen molar-refractivity contribution >= 4 is 7.28 Å². The van der Waals surface area contributed by atoms with Crippen molar-refractivity contribution in [2.24, 2.45) is 5.41 Å². The van der Waals surface area contributed by atoms with Crippen molar-refractivity contribution in [3.05, 3.63) is 0 Å². The summed E-state index contributed by atoms with van der Waals surface area (Å²) < 4.78 is 5.64. The Hall–Kier alpha value is -0.0151. The van der Waals surface area contributed by atoms with E-state index in [1.54, 1.807) is 0 Å². The lowest BCUT2D eigenvalue weighted by molar-refractivity contribution is -0.144. The van der Waals surface area contributed by atoms with Gasteiger partial charge in [-0.15, -0.1) is 0 Å². The fourth-order valence-corrected chi connectivity index (χ4v) is 2.77. The monoisotopic (exact) mass is 209 g/mol. The first kappa shape index (κ1) is 11.5. The SMILES string of the molecule is CC1(C)C[B]C2(CCCCC2)C(O)OC1. The van der Waals surface area contributed by atoms with Crippen LogP contribution in [0.4, 0.5) is 0 Å².